The minimum atomic E-state index is -0.119. The maximum absolute atomic E-state index is 11.4. The van der Waals surface area contributed by atoms with E-state index in [1.807, 2.05) is 18.2 Å². The Morgan fingerprint density at radius 3 is 2.78 bits per heavy atom. The molecule has 4 heteroatoms. The molecule has 1 aliphatic heterocycles. The molecule has 2 rings (SSSR count). The highest BCUT2D eigenvalue weighted by Crippen LogP contribution is 2.28. The van der Waals surface area contributed by atoms with Crippen molar-refractivity contribution in [3.8, 4) is 5.75 Å². The average molecular weight is 249 g/mol. The number of carbonyl (C=O) groups is 1. The van der Waals surface area contributed by atoms with Gasteiger partial charge < -0.3 is 14.8 Å². The zero-order valence-corrected chi connectivity index (χ0v) is 10.8. The first-order valence-corrected chi connectivity index (χ1v) is 6.19. The van der Waals surface area contributed by atoms with Gasteiger partial charge in [0.1, 0.15) is 5.75 Å². The van der Waals surface area contributed by atoms with Gasteiger partial charge in [0.25, 0.3) is 0 Å². The predicted octanol–water partition coefficient (Wildman–Crippen LogP) is 1.91. The lowest BCUT2D eigenvalue weighted by atomic mass is 9.91. The number of carbonyl (C=O) groups excluding carboxylic acids is 1. The molecule has 1 heterocycles. The number of methoxy groups -OCH3 is 2. The van der Waals surface area contributed by atoms with Crippen LogP contribution in [0.4, 0.5) is 0 Å². The Bertz CT molecular complexity index is 411. The molecule has 1 aliphatic rings. The summed E-state index contributed by atoms with van der Waals surface area (Å²) in [6.45, 7) is 0.675. The van der Waals surface area contributed by atoms with Gasteiger partial charge in [0.15, 0.2) is 0 Å². The van der Waals surface area contributed by atoms with Gasteiger partial charge in [-0.1, -0.05) is 12.1 Å². The monoisotopic (exact) mass is 249 g/mol. The Kier molecular flexibility index (Phi) is 4.20. The van der Waals surface area contributed by atoms with E-state index in [0.29, 0.717) is 12.6 Å². The van der Waals surface area contributed by atoms with E-state index in [1.54, 1.807) is 7.11 Å². The summed E-state index contributed by atoms with van der Waals surface area (Å²) < 4.78 is 9.99. The van der Waals surface area contributed by atoms with Crippen LogP contribution >= 0.6 is 0 Å². The van der Waals surface area contributed by atoms with Crippen LogP contribution in [0.2, 0.25) is 0 Å². The summed E-state index contributed by atoms with van der Waals surface area (Å²) in [6.07, 6.45) is 1.80. The van der Waals surface area contributed by atoms with Crippen LogP contribution in [0.25, 0.3) is 0 Å². The van der Waals surface area contributed by atoms with Gasteiger partial charge in [-0.15, -0.1) is 0 Å². The Balaban J connectivity index is 1.98. The second-order valence-electron chi connectivity index (χ2n) is 4.53. The molecule has 98 valence electrons. The molecule has 1 N–H and O–H groups in total. The molecule has 18 heavy (non-hydrogen) atoms. The zero-order chi connectivity index (χ0) is 13.0. The minimum Gasteiger partial charge on any atom is -0.497 e. The van der Waals surface area contributed by atoms with Crippen LogP contribution in [0.5, 0.6) is 5.75 Å². The van der Waals surface area contributed by atoms with Gasteiger partial charge in [0.2, 0.25) is 0 Å². The third-order valence-corrected chi connectivity index (χ3v) is 3.45. The van der Waals surface area contributed by atoms with Crippen molar-refractivity contribution in [2.45, 2.75) is 18.9 Å². The van der Waals surface area contributed by atoms with Crippen molar-refractivity contribution in [1.29, 1.82) is 0 Å². The van der Waals surface area contributed by atoms with Crippen LogP contribution in [-0.2, 0) is 9.53 Å². The highest BCUT2D eigenvalue weighted by atomic mass is 16.5. The number of ether oxygens (including phenoxy) is 2. The second-order valence-corrected chi connectivity index (χ2v) is 4.53. The van der Waals surface area contributed by atoms with Crippen LogP contribution < -0.4 is 10.1 Å². The first kappa shape index (κ1) is 12.9. The summed E-state index contributed by atoms with van der Waals surface area (Å²) in [5.41, 5.74) is 1.21. The fourth-order valence-corrected chi connectivity index (χ4v) is 2.37. The van der Waals surface area contributed by atoms with E-state index in [-0.39, 0.29) is 11.9 Å². The van der Waals surface area contributed by atoms with Crippen molar-refractivity contribution < 1.29 is 14.3 Å². The van der Waals surface area contributed by atoms with Gasteiger partial charge in [0, 0.05) is 12.6 Å². The summed E-state index contributed by atoms with van der Waals surface area (Å²) in [6, 6.07) is 8.33. The van der Waals surface area contributed by atoms with E-state index < -0.39 is 0 Å². The number of esters is 1. The van der Waals surface area contributed by atoms with E-state index in [4.69, 9.17) is 9.47 Å². The molecule has 0 bridgehead atoms. The molecule has 0 aromatic heterocycles. The van der Waals surface area contributed by atoms with Crippen LogP contribution in [0.1, 0.15) is 24.4 Å². The van der Waals surface area contributed by atoms with Crippen molar-refractivity contribution >= 4 is 5.97 Å². The first-order chi connectivity index (χ1) is 8.74. The maximum atomic E-state index is 11.4. The maximum Gasteiger partial charge on any atom is 0.309 e. The summed E-state index contributed by atoms with van der Waals surface area (Å²) in [4.78, 5) is 11.4. The molecule has 1 aromatic rings. The number of hydrogen-bond acceptors (Lipinski definition) is 4. The predicted molar refractivity (Wildman–Crippen MR) is 68.5 cm³/mol. The summed E-state index contributed by atoms with van der Waals surface area (Å²) in [5.74, 6) is 0.729. The van der Waals surface area contributed by atoms with Crippen LogP contribution in [0, 0.1) is 5.92 Å². The lowest BCUT2D eigenvalue weighted by Gasteiger charge is -2.28. The van der Waals surface area contributed by atoms with Gasteiger partial charge >= 0.3 is 5.97 Å². The highest BCUT2D eigenvalue weighted by Gasteiger charge is 2.27. The van der Waals surface area contributed by atoms with Crippen molar-refractivity contribution in [3.63, 3.8) is 0 Å². The lowest BCUT2D eigenvalue weighted by Crippen LogP contribution is -2.37. The molecule has 0 radical (unpaired) electrons. The minimum absolute atomic E-state index is 0.0168. The Hall–Kier alpha value is -1.55. The molecule has 0 spiro atoms. The number of hydrogen-bond donors (Lipinski definition) is 1. The Morgan fingerprint density at radius 2 is 2.17 bits per heavy atom. The van der Waals surface area contributed by atoms with Crippen molar-refractivity contribution in [3.05, 3.63) is 29.8 Å². The SMILES string of the molecule is COC(=O)C1CCC(c2cccc(OC)c2)NC1. The van der Waals surface area contributed by atoms with Gasteiger partial charge in [-0.25, -0.2) is 0 Å². The van der Waals surface area contributed by atoms with Crippen LogP contribution in [-0.4, -0.2) is 26.7 Å². The number of benzene rings is 1. The zero-order valence-electron chi connectivity index (χ0n) is 10.8. The van der Waals surface area contributed by atoms with Gasteiger partial charge in [-0.3, -0.25) is 4.79 Å². The normalized spacial score (nSPS) is 23.4. The molecule has 0 aliphatic carbocycles. The van der Waals surface area contributed by atoms with Crippen molar-refractivity contribution in [1.82, 2.24) is 5.32 Å². The highest BCUT2D eigenvalue weighted by molar-refractivity contribution is 5.72. The fraction of sp³-hybridized carbons (Fsp3) is 0.500. The molecule has 1 fully saturated rings. The van der Waals surface area contributed by atoms with E-state index >= 15 is 0 Å². The second kappa shape index (κ2) is 5.87. The lowest BCUT2D eigenvalue weighted by molar-refractivity contribution is -0.146. The van der Waals surface area contributed by atoms with Gasteiger partial charge in [0.05, 0.1) is 20.1 Å². The van der Waals surface area contributed by atoms with Gasteiger partial charge in [-0.05, 0) is 30.5 Å². The molecular weight excluding hydrogens is 230 g/mol. The average Bonchev–Trinajstić information content (AvgIpc) is 2.46. The van der Waals surface area contributed by atoms with E-state index in [0.717, 1.165) is 18.6 Å². The molecule has 1 aromatic carbocycles. The topological polar surface area (TPSA) is 47.6 Å². The van der Waals surface area contributed by atoms with Crippen molar-refractivity contribution in [2.75, 3.05) is 20.8 Å². The fourth-order valence-electron chi connectivity index (χ4n) is 2.37. The summed E-state index contributed by atoms with van der Waals surface area (Å²) in [5, 5.41) is 3.40. The number of nitrogens with one attached hydrogen (secondary N) is 1. The molecule has 0 saturated carbocycles. The van der Waals surface area contributed by atoms with Gasteiger partial charge in [-0.2, -0.15) is 0 Å². The van der Waals surface area contributed by atoms with Crippen LogP contribution in [0.3, 0.4) is 0 Å². The number of rotatable bonds is 3. The molecule has 2 atom stereocenters. The Labute approximate surface area is 107 Å². The Morgan fingerprint density at radius 1 is 1.33 bits per heavy atom. The van der Waals surface area contributed by atoms with E-state index in [2.05, 4.69) is 11.4 Å². The quantitative estimate of drug-likeness (QED) is 0.831. The molecular formula is C14H19NO3. The standard InChI is InChI=1S/C14H19NO3/c1-17-12-5-3-4-10(8-12)13-7-6-11(9-15-13)14(16)18-2/h3-5,8,11,13,15H,6-7,9H2,1-2H3. The molecule has 4 nitrogen and oxygen atoms in total. The summed E-state index contributed by atoms with van der Waals surface area (Å²) >= 11 is 0. The first-order valence-electron chi connectivity index (χ1n) is 6.19. The number of piperidine rings is 1. The van der Waals surface area contributed by atoms with E-state index in [9.17, 15) is 4.79 Å². The van der Waals surface area contributed by atoms with E-state index in [1.165, 1.54) is 12.7 Å². The molecule has 1 saturated heterocycles. The third-order valence-electron chi connectivity index (χ3n) is 3.45. The van der Waals surface area contributed by atoms with Crippen LogP contribution in [0.15, 0.2) is 24.3 Å². The molecule has 0 amide bonds. The summed E-state index contributed by atoms with van der Waals surface area (Å²) in [7, 11) is 3.11. The third kappa shape index (κ3) is 2.82. The smallest absolute Gasteiger partial charge is 0.309 e. The largest absolute Gasteiger partial charge is 0.497 e. The molecule has 2 unspecified atom stereocenters. The van der Waals surface area contributed by atoms with Crippen molar-refractivity contribution in [2.24, 2.45) is 5.92 Å².